The summed E-state index contributed by atoms with van der Waals surface area (Å²) in [4.78, 5) is 87.5. The van der Waals surface area contributed by atoms with Gasteiger partial charge < -0.3 is 39.8 Å². The van der Waals surface area contributed by atoms with Gasteiger partial charge in [0, 0.05) is 19.5 Å². The van der Waals surface area contributed by atoms with Crippen molar-refractivity contribution in [3.05, 3.63) is 53.6 Å². The predicted molar refractivity (Wildman–Crippen MR) is 229 cm³/mol. The van der Waals surface area contributed by atoms with Gasteiger partial charge in [0.25, 0.3) is 5.91 Å². The van der Waals surface area contributed by atoms with Crippen LogP contribution in [-0.2, 0) is 47.0 Å². The van der Waals surface area contributed by atoms with E-state index in [1.54, 1.807) is 51.1 Å². The molecule has 1 saturated heterocycles. The lowest BCUT2D eigenvalue weighted by Gasteiger charge is -2.37. The summed E-state index contributed by atoms with van der Waals surface area (Å²) in [5.41, 5.74) is -0.748. The van der Waals surface area contributed by atoms with E-state index in [4.69, 9.17) is 18.9 Å². The average molecular weight is 907 g/mol. The number of ether oxygens (including phenoxy) is 4. The Labute approximate surface area is 372 Å². The van der Waals surface area contributed by atoms with Crippen molar-refractivity contribution >= 4 is 45.8 Å². The fourth-order valence-electron chi connectivity index (χ4n) is 9.47. The Morgan fingerprint density at radius 1 is 0.906 bits per heavy atom. The number of carbonyl (C=O) groups is 6. The van der Waals surface area contributed by atoms with E-state index in [1.807, 2.05) is 19.1 Å². The van der Waals surface area contributed by atoms with Gasteiger partial charge in [-0.25, -0.2) is 18.0 Å². The molecule has 0 unspecified atom stereocenters. The largest absolute Gasteiger partial charge is 0.454 e. The highest BCUT2D eigenvalue weighted by atomic mass is 32.2. The van der Waals surface area contributed by atoms with Gasteiger partial charge in [0.05, 0.1) is 11.8 Å². The summed E-state index contributed by atoms with van der Waals surface area (Å²) in [5.74, 6) is -1.95. The average Bonchev–Trinajstić information content (AvgIpc) is 4.09. The maximum atomic E-state index is 15.0. The Hall–Kier alpha value is -5.59. The van der Waals surface area contributed by atoms with Crippen molar-refractivity contribution in [1.29, 1.82) is 0 Å². The molecule has 346 valence electrons. The maximum Gasteiger partial charge on any atom is 0.413 e. The summed E-state index contributed by atoms with van der Waals surface area (Å²) in [6.45, 7) is 7.48. The minimum atomic E-state index is -3.94. The van der Waals surface area contributed by atoms with Crippen LogP contribution in [-0.4, -0.2) is 102 Å². The van der Waals surface area contributed by atoms with Gasteiger partial charge in [0.15, 0.2) is 11.5 Å². The smallest absolute Gasteiger partial charge is 0.413 e. The zero-order valence-electron chi connectivity index (χ0n) is 36.7. The summed E-state index contributed by atoms with van der Waals surface area (Å²) in [5, 5.41) is 7.85. The first-order valence-corrected chi connectivity index (χ1v) is 23.9. The third-order valence-electron chi connectivity index (χ3n) is 13.4. The highest BCUT2D eigenvalue weighted by Crippen LogP contribution is 2.47. The Kier molecular flexibility index (Phi) is 12.5. The molecule has 6 atom stereocenters. The van der Waals surface area contributed by atoms with Gasteiger partial charge in [-0.05, 0) is 84.7 Å². The van der Waals surface area contributed by atoms with Gasteiger partial charge in [-0.3, -0.25) is 28.8 Å². The van der Waals surface area contributed by atoms with Crippen LogP contribution >= 0.6 is 0 Å². The molecule has 3 saturated carbocycles. The highest BCUT2D eigenvalue weighted by Gasteiger charge is 2.62. The molecule has 3 aliphatic heterocycles. The Bertz CT molecular complexity index is 2240. The molecule has 3 heterocycles. The molecule has 0 bridgehead atoms. The standard InChI is InChI=1S/C45H58N6O12S/c1-5-29-21-45(29,41(55)49-64(58,59)32-16-17-32)48-38(52)33-20-31(63-43(57)50-22-27-18-34-35(61-25-60-34)19-28(27)23-50)24-51(33)40(54)37(44(2,3)4)47-39(53)36(26-12-8-6-9-13-26)46-42(56)62-30-14-10-7-11-15-30/h7,10-11,14-15,18-19,26,29,31-33,36-37H,5-6,8-9,12-13,16-17,20-25H2,1-4H3,(H,46,56)(H,47,53)(H,48,52)(H,49,55)/t29-,31+,33-,36-,37+,45-/m0/s1. The molecule has 19 heteroatoms. The number of nitrogens with one attached hydrogen (secondary N) is 4. The molecule has 2 aromatic rings. The molecule has 6 aliphatic rings. The van der Waals surface area contributed by atoms with E-state index in [0.29, 0.717) is 49.4 Å². The molecule has 64 heavy (non-hydrogen) atoms. The zero-order chi connectivity index (χ0) is 45.6. The number of amides is 6. The van der Waals surface area contributed by atoms with Gasteiger partial charge in [0.1, 0.15) is 35.5 Å². The van der Waals surface area contributed by atoms with E-state index in [9.17, 15) is 32.4 Å². The molecule has 0 aromatic heterocycles. The van der Waals surface area contributed by atoms with Crippen LogP contribution in [0.1, 0.15) is 103 Å². The molecule has 4 fully saturated rings. The summed E-state index contributed by atoms with van der Waals surface area (Å²) < 4.78 is 50.4. The second-order valence-corrected chi connectivity index (χ2v) is 21.0. The van der Waals surface area contributed by atoms with Gasteiger partial charge in [-0.15, -0.1) is 0 Å². The predicted octanol–water partition coefficient (Wildman–Crippen LogP) is 4.00. The SMILES string of the molecule is CC[C@H]1C[C@@]1(NC(=O)[C@@H]1C[C@@H](OC(=O)N2Cc3cc4c(cc3C2)OCO4)CN1C(=O)[C@@H](NC(=O)[C@@H](NC(=O)Oc1ccccc1)C1CCCCC1)C(C)(C)C)C(=O)NS(=O)(=O)C1CC1. The van der Waals surface area contributed by atoms with Gasteiger partial charge in [0.2, 0.25) is 34.5 Å². The Balaban J connectivity index is 1.03. The van der Waals surface area contributed by atoms with Crippen LogP contribution in [0.2, 0.25) is 0 Å². The van der Waals surface area contributed by atoms with Gasteiger partial charge in [-0.2, -0.15) is 0 Å². The molecule has 0 radical (unpaired) electrons. The number of fused-ring (bicyclic) bond motifs is 2. The number of hydrogen-bond acceptors (Lipinski definition) is 12. The second-order valence-electron chi connectivity index (χ2n) is 19.1. The molecule has 0 spiro atoms. The lowest BCUT2D eigenvalue weighted by atomic mass is 9.82. The molecule has 18 nitrogen and oxygen atoms in total. The van der Waals surface area contributed by atoms with E-state index in [-0.39, 0.29) is 51.1 Å². The van der Waals surface area contributed by atoms with E-state index in [2.05, 4.69) is 20.7 Å². The van der Waals surface area contributed by atoms with E-state index >= 15 is 4.79 Å². The van der Waals surface area contributed by atoms with Crippen molar-refractivity contribution in [3.8, 4) is 17.2 Å². The van der Waals surface area contributed by atoms with Gasteiger partial charge in [-0.1, -0.05) is 71.6 Å². The third-order valence-corrected chi connectivity index (χ3v) is 15.2. The highest BCUT2D eigenvalue weighted by molar-refractivity contribution is 7.91. The monoisotopic (exact) mass is 906 g/mol. The second kappa shape index (κ2) is 17.8. The first kappa shape index (κ1) is 45.0. The topological polar surface area (TPSA) is 228 Å². The van der Waals surface area contributed by atoms with E-state index in [0.717, 1.165) is 30.4 Å². The number of rotatable bonds is 13. The minimum absolute atomic E-state index is 0.112. The van der Waals surface area contributed by atoms with Crippen molar-refractivity contribution in [2.24, 2.45) is 17.3 Å². The van der Waals surface area contributed by atoms with E-state index < -0.39 is 86.3 Å². The number of hydrogen-bond donors (Lipinski definition) is 4. The van der Waals surface area contributed by atoms with Crippen molar-refractivity contribution in [3.63, 3.8) is 0 Å². The zero-order valence-corrected chi connectivity index (χ0v) is 37.5. The normalized spacial score (nSPS) is 24.8. The van der Waals surface area contributed by atoms with Crippen molar-refractivity contribution in [2.75, 3.05) is 13.3 Å². The fraction of sp³-hybridized carbons (Fsp3) is 0.600. The van der Waals surface area contributed by atoms with Crippen LogP contribution in [0.5, 0.6) is 17.2 Å². The quantitative estimate of drug-likeness (QED) is 0.224. The molecule has 3 aliphatic carbocycles. The number of carbonyl (C=O) groups excluding carboxylic acids is 6. The lowest BCUT2D eigenvalue weighted by molar-refractivity contribution is -0.145. The van der Waals surface area contributed by atoms with Crippen LogP contribution in [0.3, 0.4) is 0 Å². The summed E-state index contributed by atoms with van der Waals surface area (Å²) in [6, 6.07) is 8.53. The number of nitrogens with zero attached hydrogens (tertiary/aromatic N) is 2. The third kappa shape index (κ3) is 9.59. The van der Waals surface area contributed by atoms with Crippen LogP contribution in [0.25, 0.3) is 0 Å². The first-order chi connectivity index (χ1) is 30.5. The van der Waals surface area contributed by atoms with Crippen molar-refractivity contribution in [1.82, 2.24) is 30.5 Å². The van der Waals surface area contributed by atoms with Crippen molar-refractivity contribution in [2.45, 2.75) is 140 Å². The molecular weight excluding hydrogens is 849 g/mol. The minimum Gasteiger partial charge on any atom is -0.454 e. The number of likely N-dealkylation sites (tertiary alicyclic amines) is 1. The van der Waals surface area contributed by atoms with E-state index in [1.165, 1.54) is 9.80 Å². The van der Waals surface area contributed by atoms with Gasteiger partial charge >= 0.3 is 12.2 Å². The van der Waals surface area contributed by atoms with Crippen LogP contribution in [0.4, 0.5) is 9.59 Å². The first-order valence-electron chi connectivity index (χ1n) is 22.3. The number of sulfonamides is 1. The molecule has 4 N–H and O–H groups in total. The van der Waals surface area contributed by atoms with Crippen LogP contribution in [0.15, 0.2) is 42.5 Å². The van der Waals surface area contributed by atoms with Crippen LogP contribution < -0.4 is 34.9 Å². The number of benzene rings is 2. The molecule has 8 rings (SSSR count). The maximum absolute atomic E-state index is 15.0. The van der Waals surface area contributed by atoms with Crippen LogP contribution in [0, 0.1) is 17.3 Å². The summed E-state index contributed by atoms with van der Waals surface area (Å²) in [7, 11) is -3.94. The summed E-state index contributed by atoms with van der Waals surface area (Å²) in [6.07, 6.45) is 2.96. The number of para-hydroxylation sites is 1. The molecular formula is C45H58N6O12S. The molecule has 6 amide bonds. The lowest BCUT2D eigenvalue weighted by Crippen LogP contribution is -2.62. The fourth-order valence-corrected chi connectivity index (χ4v) is 10.8. The molecule has 2 aromatic carbocycles. The summed E-state index contributed by atoms with van der Waals surface area (Å²) >= 11 is 0. The Morgan fingerprint density at radius 2 is 1.56 bits per heavy atom. The van der Waals surface area contributed by atoms with Crippen molar-refractivity contribution < 1.29 is 56.1 Å². The Morgan fingerprint density at radius 3 is 2.16 bits per heavy atom.